The molecule has 2 aromatic rings. The number of rotatable bonds is 7. The van der Waals surface area contributed by atoms with Crippen molar-refractivity contribution in [2.45, 2.75) is 12.1 Å². The molecule has 0 unspecified atom stereocenters. The molecule has 0 saturated heterocycles. The second-order valence-electron chi connectivity index (χ2n) is 3.81. The van der Waals surface area contributed by atoms with E-state index in [1.165, 1.54) is 18.9 Å². The Bertz CT molecular complexity index is 586. The fraction of sp³-hybridized carbons (Fsp3) is 0.308. The molecule has 0 aliphatic carbocycles. The minimum absolute atomic E-state index is 0.461. The number of hydrogen-bond acceptors (Lipinski definition) is 7. The lowest BCUT2D eigenvalue weighted by molar-refractivity contribution is 0.112. The first kappa shape index (κ1) is 14.4. The summed E-state index contributed by atoms with van der Waals surface area (Å²) in [4.78, 5) is 10.7. The third-order valence-corrected chi connectivity index (χ3v) is 3.18. The van der Waals surface area contributed by atoms with Crippen LogP contribution in [-0.2, 0) is 0 Å². The first-order valence-electron chi connectivity index (χ1n) is 5.92. The van der Waals surface area contributed by atoms with Crippen molar-refractivity contribution < 1.29 is 18.7 Å². The zero-order valence-corrected chi connectivity index (χ0v) is 12.0. The molecule has 0 spiro atoms. The van der Waals surface area contributed by atoms with Crippen LogP contribution in [0, 0.1) is 6.92 Å². The molecular formula is C13H14N2O4S. The molecule has 0 bridgehead atoms. The van der Waals surface area contributed by atoms with Gasteiger partial charge >= 0.3 is 0 Å². The molecule has 1 heterocycles. The number of aryl methyl sites for hydroxylation is 1. The number of ether oxygens (including phenoxy) is 2. The number of hydrogen-bond donors (Lipinski definition) is 0. The number of nitrogens with zero attached hydrogens (tertiary/aromatic N) is 2. The molecule has 2 rings (SSSR count). The van der Waals surface area contributed by atoms with Gasteiger partial charge < -0.3 is 13.9 Å². The smallest absolute Gasteiger partial charge is 0.276 e. The van der Waals surface area contributed by atoms with Crippen LogP contribution in [0.5, 0.6) is 11.5 Å². The maximum Gasteiger partial charge on any atom is 0.276 e. The largest absolute Gasteiger partial charge is 0.493 e. The highest BCUT2D eigenvalue weighted by atomic mass is 32.2. The van der Waals surface area contributed by atoms with Crippen molar-refractivity contribution in [3.63, 3.8) is 0 Å². The number of methoxy groups -OCH3 is 1. The lowest BCUT2D eigenvalue weighted by atomic mass is 10.2. The van der Waals surface area contributed by atoms with E-state index < -0.39 is 0 Å². The van der Waals surface area contributed by atoms with Gasteiger partial charge in [0.1, 0.15) is 6.29 Å². The molecule has 6 nitrogen and oxygen atoms in total. The monoisotopic (exact) mass is 294 g/mol. The molecule has 20 heavy (non-hydrogen) atoms. The Hall–Kier alpha value is -2.02. The van der Waals surface area contributed by atoms with Crippen molar-refractivity contribution in [1.29, 1.82) is 0 Å². The summed E-state index contributed by atoms with van der Waals surface area (Å²) in [6, 6.07) is 5.03. The fourth-order valence-corrected chi connectivity index (χ4v) is 2.11. The molecule has 0 N–H and O–H groups in total. The van der Waals surface area contributed by atoms with E-state index in [-0.39, 0.29) is 0 Å². The Labute approximate surface area is 120 Å². The van der Waals surface area contributed by atoms with Crippen LogP contribution in [0.25, 0.3) is 0 Å². The Morgan fingerprint density at radius 1 is 1.35 bits per heavy atom. The van der Waals surface area contributed by atoms with Gasteiger partial charge in [0, 0.05) is 18.2 Å². The average Bonchev–Trinajstić information content (AvgIpc) is 2.89. The predicted octanol–water partition coefficient (Wildman–Crippen LogP) is 2.37. The van der Waals surface area contributed by atoms with Gasteiger partial charge in [0.25, 0.3) is 5.22 Å². The van der Waals surface area contributed by atoms with Crippen molar-refractivity contribution in [3.8, 4) is 11.5 Å². The highest BCUT2D eigenvalue weighted by Crippen LogP contribution is 2.28. The van der Waals surface area contributed by atoms with E-state index in [2.05, 4.69) is 10.2 Å². The van der Waals surface area contributed by atoms with Crippen LogP contribution in [0.4, 0.5) is 0 Å². The molecule has 0 saturated carbocycles. The quantitative estimate of drug-likeness (QED) is 0.441. The van der Waals surface area contributed by atoms with Gasteiger partial charge in [0.05, 0.1) is 13.7 Å². The minimum atomic E-state index is 0.461. The third-order valence-electron chi connectivity index (χ3n) is 2.40. The molecule has 0 atom stereocenters. The molecule has 106 valence electrons. The predicted molar refractivity (Wildman–Crippen MR) is 73.6 cm³/mol. The average molecular weight is 294 g/mol. The minimum Gasteiger partial charge on any atom is -0.493 e. The first-order chi connectivity index (χ1) is 9.72. The van der Waals surface area contributed by atoms with E-state index >= 15 is 0 Å². The lowest BCUT2D eigenvalue weighted by Crippen LogP contribution is -2.02. The van der Waals surface area contributed by atoms with Crippen LogP contribution in [0.1, 0.15) is 16.2 Å². The van der Waals surface area contributed by atoms with E-state index in [1.807, 2.05) is 0 Å². The summed E-state index contributed by atoms with van der Waals surface area (Å²) in [6.45, 7) is 2.20. The van der Waals surface area contributed by atoms with E-state index in [0.29, 0.717) is 40.5 Å². The van der Waals surface area contributed by atoms with Gasteiger partial charge in [-0.25, -0.2) is 0 Å². The van der Waals surface area contributed by atoms with Gasteiger partial charge in [-0.05, 0) is 18.2 Å². The Balaban J connectivity index is 1.86. The topological polar surface area (TPSA) is 74.5 Å². The van der Waals surface area contributed by atoms with Gasteiger partial charge in [-0.2, -0.15) is 0 Å². The van der Waals surface area contributed by atoms with E-state index in [9.17, 15) is 4.79 Å². The van der Waals surface area contributed by atoms with Crippen LogP contribution in [0.15, 0.2) is 27.8 Å². The van der Waals surface area contributed by atoms with Crippen LogP contribution in [0.2, 0.25) is 0 Å². The number of carbonyl (C=O) groups excluding carboxylic acids is 1. The highest BCUT2D eigenvalue weighted by Gasteiger charge is 2.07. The molecule has 0 radical (unpaired) electrons. The van der Waals surface area contributed by atoms with Crippen molar-refractivity contribution in [2.75, 3.05) is 19.5 Å². The molecule has 1 aromatic carbocycles. The van der Waals surface area contributed by atoms with Gasteiger partial charge in [-0.1, -0.05) is 11.8 Å². The summed E-state index contributed by atoms with van der Waals surface area (Å²) in [5.41, 5.74) is 0.546. The Morgan fingerprint density at radius 3 is 2.85 bits per heavy atom. The van der Waals surface area contributed by atoms with Crippen LogP contribution < -0.4 is 9.47 Å². The number of benzene rings is 1. The molecule has 0 aliphatic rings. The standard InChI is InChI=1S/C13H14N2O4S/c1-9-14-15-13(19-9)20-6-5-18-11-4-3-10(8-16)7-12(11)17-2/h3-4,7-8H,5-6H2,1-2H3. The summed E-state index contributed by atoms with van der Waals surface area (Å²) in [6.07, 6.45) is 0.764. The number of aromatic nitrogens is 2. The fourth-order valence-electron chi connectivity index (χ4n) is 1.49. The lowest BCUT2D eigenvalue weighted by Gasteiger charge is -2.10. The van der Waals surface area contributed by atoms with Crippen LogP contribution >= 0.6 is 11.8 Å². The Morgan fingerprint density at radius 2 is 2.20 bits per heavy atom. The van der Waals surface area contributed by atoms with Crippen molar-refractivity contribution >= 4 is 18.0 Å². The van der Waals surface area contributed by atoms with E-state index in [1.54, 1.807) is 25.1 Å². The van der Waals surface area contributed by atoms with Gasteiger partial charge in [-0.3, -0.25) is 4.79 Å². The first-order valence-corrected chi connectivity index (χ1v) is 6.90. The molecule has 0 fully saturated rings. The van der Waals surface area contributed by atoms with Crippen LogP contribution in [-0.4, -0.2) is 36.0 Å². The summed E-state index contributed by atoms with van der Waals surface area (Å²) in [7, 11) is 1.53. The van der Waals surface area contributed by atoms with Crippen LogP contribution in [0.3, 0.4) is 0 Å². The second kappa shape index (κ2) is 6.95. The maximum atomic E-state index is 10.7. The maximum absolute atomic E-state index is 10.7. The normalized spacial score (nSPS) is 10.3. The SMILES string of the molecule is COc1cc(C=O)ccc1OCCSc1nnc(C)o1. The molecule has 0 amide bonds. The second-order valence-corrected chi connectivity index (χ2v) is 4.86. The molecule has 1 aromatic heterocycles. The Kier molecular flexibility index (Phi) is 5.00. The number of carbonyl (C=O) groups is 1. The van der Waals surface area contributed by atoms with Gasteiger partial charge in [-0.15, -0.1) is 10.2 Å². The van der Waals surface area contributed by atoms with Crippen molar-refractivity contribution in [1.82, 2.24) is 10.2 Å². The van der Waals surface area contributed by atoms with Crippen molar-refractivity contribution in [2.24, 2.45) is 0 Å². The summed E-state index contributed by atoms with van der Waals surface area (Å²) in [5.74, 6) is 2.34. The third kappa shape index (κ3) is 3.74. The zero-order chi connectivity index (χ0) is 14.4. The summed E-state index contributed by atoms with van der Waals surface area (Å²) >= 11 is 1.42. The highest BCUT2D eigenvalue weighted by molar-refractivity contribution is 7.99. The zero-order valence-electron chi connectivity index (χ0n) is 11.2. The summed E-state index contributed by atoms with van der Waals surface area (Å²) < 4.78 is 16.0. The molecule has 7 heteroatoms. The van der Waals surface area contributed by atoms with E-state index in [4.69, 9.17) is 13.9 Å². The van der Waals surface area contributed by atoms with Gasteiger partial charge in [0.2, 0.25) is 5.89 Å². The number of thioether (sulfide) groups is 1. The van der Waals surface area contributed by atoms with Gasteiger partial charge in [0.15, 0.2) is 11.5 Å². The summed E-state index contributed by atoms with van der Waals surface area (Å²) in [5, 5.41) is 8.14. The molecule has 0 aliphatic heterocycles. The molecular weight excluding hydrogens is 280 g/mol. The van der Waals surface area contributed by atoms with Crippen molar-refractivity contribution in [3.05, 3.63) is 29.7 Å². The number of aldehydes is 1. The van der Waals surface area contributed by atoms with E-state index in [0.717, 1.165) is 6.29 Å².